The first-order valence-electron chi connectivity index (χ1n) is 5.26. The molecule has 0 fully saturated rings. The average molecular weight is 225 g/mol. The topological polar surface area (TPSA) is 49.3 Å². The highest BCUT2D eigenvalue weighted by molar-refractivity contribution is 5.76. The van der Waals surface area contributed by atoms with Crippen molar-refractivity contribution in [3.8, 4) is 0 Å². The van der Waals surface area contributed by atoms with Gasteiger partial charge in [0.1, 0.15) is 5.82 Å². The molecule has 1 unspecified atom stereocenters. The summed E-state index contributed by atoms with van der Waals surface area (Å²) in [5.41, 5.74) is 0.805. The zero-order valence-corrected chi connectivity index (χ0v) is 9.24. The Morgan fingerprint density at radius 3 is 2.94 bits per heavy atom. The first-order valence-corrected chi connectivity index (χ1v) is 5.26. The lowest BCUT2D eigenvalue weighted by Crippen LogP contribution is -2.27. The third-order valence-electron chi connectivity index (χ3n) is 2.34. The molecule has 0 bridgehead atoms. The second-order valence-corrected chi connectivity index (χ2v) is 3.73. The van der Waals surface area contributed by atoms with Crippen molar-refractivity contribution in [3.63, 3.8) is 0 Å². The van der Waals surface area contributed by atoms with E-state index in [1.54, 1.807) is 12.1 Å². The zero-order chi connectivity index (χ0) is 12.0. The minimum absolute atomic E-state index is 0.0330. The monoisotopic (exact) mass is 225 g/mol. The van der Waals surface area contributed by atoms with Crippen LogP contribution in [0.3, 0.4) is 0 Å². The number of benzene rings is 1. The number of aliphatic hydroxyl groups is 1. The summed E-state index contributed by atoms with van der Waals surface area (Å²) in [4.78, 5) is 11.4. The lowest BCUT2D eigenvalue weighted by molar-refractivity contribution is -0.121. The number of halogens is 1. The van der Waals surface area contributed by atoms with Crippen molar-refractivity contribution in [2.45, 2.75) is 19.3 Å². The van der Waals surface area contributed by atoms with Crippen LogP contribution < -0.4 is 5.32 Å². The van der Waals surface area contributed by atoms with Crippen LogP contribution in [-0.4, -0.2) is 24.2 Å². The Hall–Kier alpha value is -1.42. The van der Waals surface area contributed by atoms with E-state index < -0.39 is 0 Å². The van der Waals surface area contributed by atoms with Crippen LogP contribution in [0.4, 0.5) is 4.39 Å². The number of rotatable bonds is 5. The molecule has 0 saturated heterocycles. The number of amides is 1. The molecule has 0 radical (unpaired) electrons. The standard InChI is InChI=1S/C12H16FNO2/c1-9(7-12(16)14-5-6-15)10-3-2-4-11(13)8-10/h2-4,8-9,15H,5-7H2,1H3,(H,14,16). The molecule has 1 aromatic rings. The normalized spacial score (nSPS) is 12.2. The summed E-state index contributed by atoms with van der Waals surface area (Å²) in [5.74, 6) is -0.458. The quantitative estimate of drug-likeness (QED) is 0.796. The SMILES string of the molecule is CC(CC(=O)NCCO)c1cccc(F)c1. The Bertz CT molecular complexity index is 355. The van der Waals surface area contributed by atoms with E-state index in [0.717, 1.165) is 5.56 Å². The van der Waals surface area contributed by atoms with Gasteiger partial charge in [-0.15, -0.1) is 0 Å². The van der Waals surface area contributed by atoms with Gasteiger partial charge in [-0.2, -0.15) is 0 Å². The summed E-state index contributed by atoms with van der Waals surface area (Å²) in [6.07, 6.45) is 0.295. The highest BCUT2D eigenvalue weighted by Crippen LogP contribution is 2.19. The second kappa shape index (κ2) is 6.23. The molecule has 4 heteroatoms. The molecule has 16 heavy (non-hydrogen) atoms. The summed E-state index contributed by atoms with van der Waals surface area (Å²) in [6, 6.07) is 6.24. The molecule has 88 valence electrons. The van der Waals surface area contributed by atoms with Gasteiger partial charge in [-0.25, -0.2) is 4.39 Å². The molecule has 3 nitrogen and oxygen atoms in total. The molecular weight excluding hydrogens is 209 g/mol. The molecule has 0 aliphatic heterocycles. The minimum atomic E-state index is -0.292. The van der Waals surface area contributed by atoms with Gasteiger partial charge in [0.15, 0.2) is 0 Å². The van der Waals surface area contributed by atoms with Crippen molar-refractivity contribution in [1.82, 2.24) is 5.32 Å². The maximum atomic E-state index is 12.9. The Morgan fingerprint density at radius 2 is 2.31 bits per heavy atom. The molecule has 0 aliphatic rings. The predicted molar refractivity (Wildman–Crippen MR) is 59.5 cm³/mol. The highest BCUT2D eigenvalue weighted by Gasteiger charge is 2.11. The fourth-order valence-electron chi connectivity index (χ4n) is 1.48. The van der Waals surface area contributed by atoms with Crippen molar-refractivity contribution < 1.29 is 14.3 Å². The van der Waals surface area contributed by atoms with Gasteiger partial charge in [-0.05, 0) is 23.6 Å². The maximum Gasteiger partial charge on any atom is 0.220 e. The summed E-state index contributed by atoms with van der Waals surface area (Å²) in [7, 11) is 0. The fraction of sp³-hybridized carbons (Fsp3) is 0.417. The van der Waals surface area contributed by atoms with Gasteiger partial charge in [0.05, 0.1) is 6.61 Å². The first-order chi connectivity index (χ1) is 7.63. The van der Waals surface area contributed by atoms with Crippen LogP contribution in [0.25, 0.3) is 0 Å². The van der Waals surface area contributed by atoms with E-state index in [4.69, 9.17) is 5.11 Å². The minimum Gasteiger partial charge on any atom is -0.395 e. The van der Waals surface area contributed by atoms with Crippen LogP contribution in [0.1, 0.15) is 24.8 Å². The number of hydrogen-bond acceptors (Lipinski definition) is 2. The van der Waals surface area contributed by atoms with Gasteiger partial charge in [0.2, 0.25) is 5.91 Å². The number of aliphatic hydroxyl groups excluding tert-OH is 1. The van der Waals surface area contributed by atoms with E-state index in [-0.39, 0.29) is 30.8 Å². The van der Waals surface area contributed by atoms with E-state index in [0.29, 0.717) is 6.42 Å². The maximum absolute atomic E-state index is 12.9. The van der Waals surface area contributed by atoms with Crippen LogP contribution >= 0.6 is 0 Å². The summed E-state index contributed by atoms with van der Waals surface area (Å²) in [6.45, 7) is 2.06. The third kappa shape index (κ3) is 3.98. The van der Waals surface area contributed by atoms with Crippen LogP contribution in [0.5, 0.6) is 0 Å². The molecule has 0 aliphatic carbocycles. The molecule has 0 spiro atoms. The number of carbonyl (C=O) groups is 1. The Labute approximate surface area is 94.3 Å². The molecule has 0 heterocycles. The van der Waals surface area contributed by atoms with E-state index in [2.05, 4.69) is 5.32 Å². The summed E-state index contributed by atoms with van der Waals surface area (Å²) < 4.78 is 12.9. The molecule has 0 saturated carbocycles. The van der Waals surface area contributed by atoms with E-state index in [9.17, 15) is 9.18 Å². The molecule has 1 rings (SSSR count). The van der Waals surface area contributed by atoms with Gasteiger partial charge >= 0.3 is 0 Å². The van der Waals surface area contributed by atoms with E-state index in [1.807, 2.05) is 6.92 Å². The Balaban J connectivity index is 2.52. The fourth-order valence-corrected chi connectivity index (χ4v) is 1.48. The predicted octanol–water partition coefficient (Wildman–Crippen LogP) is 1.43. The van der Waals surface area contributed by atoms with Crippen molar-refractivity contribution in [2.24, 2.45) is 0 Å². The smallest absolute Gasteiger partial charge is 0.220 e. The van der Waals surface area contributed by atoms with Gasteiger partial charge in [-0.1, -0.05) is 19.1 Å². The second-order valence-electron chi connectivity index (χ2n) is 3.73. The average Bonchev–Trinajstić information content (AvgIpc) is 2.26. The van der Waals surface area contributed by atoms with Crippen LogP contribution in [0.15, 0.2) is 24.3 Å². The number of nitrogens with one attached hydrogen (secondary N) is 1. The van der Waals surface area contributed by atoms with E-state index >= 15 is 0 Å². The molecule has 2 N–H and O–H groups in total. The molecule has 1 aromatic carbocycles. The van der Waals surface area contributed by atoms with Gasteiger partial charge in [0.25, 0.3) is 0 Å². The largest absolute Gasteiger partial charge is 0.395 e. The van der Waals surface area contributed by atoms with Gasteiger partial charge in [-0.3, -0.25) is 4.79 Å². The molecule has 0 aromatic heterocycles. The van der Waals surface area contributed by atoms with Crippen LogP contribution in [-0.2, 0) is 4.79 Å². The summed E-state index contributed by atoms with van der Waals surface area (Å²) >= 11 is 0. The summed E-state index contributed by atoms with van der Waals surface area (Å²) in [5, 5.41) is 11.1. The van der Waals surface area contributed by atoms with Crippen LogP contribution in [0, 0.1) is 5.82 Å². The van der Waals surface area contributed by atoms with Gasteiger partial charge < -0.3 is 10.4 Å². The van der Waals surface area contributed by atoms with Crippen molar-refractivity contribution >= 4 is 5.91 Å². The first kappa shape index (κ1) is 12.6. The zero-order valence-electron chi connectivity index (χ0n) is 9.24. The lowest BCUT2D eigenvalue weighted by atomic mass is 9.97. The number of hydrogen-bond donors (Lipinski definition) is 2. The third-order valence-corrected chi connectivity index (χ3v) is 2.34. The molecule has 1 amide bonds. The van der Waals surface area contributed by atoms with Crippen molar-refractivity contribution in [1.29, 1.82) is 0 Å². The Kier molecular flexibility index (Phi) is 4.92. The lowest BCUT2D eigenvalue weighted by Gasteiger charge is -2.11. The van der Waals surface area contributed by atoms with Gasteiger partial charge in [0, 0.05) is 13.0 Å². The van der Waals surface area contributed by atoms with Crippen molar-refractivity contribution in [3.05, 3.63) is 35.6 Å². The molecule has 1 atom stereocenters. The van der Waals surface area contributed by atoms with E-state index in [1.165, 1.54) is 12.1 Å². The number of carbonyl (C=O) groups excluding carboxylic acids is 1. The van der Waals surface area contributed by atoms with Crippen LogP contribution in [0.2, 0.25) is 0 Å². The highest BCUT2D eigenvalue weighted by atomic mass is 19.1. The van der Waals surface area contributed by atoms with Crippen molar-refractivity contribution in [2.75, 3.05) is 13.2 Å². The Morgan fingerprint density at radius 1 is 1.56 bits per heavy atom. The molecular formula is C12H16FNO2.